The first kappa shape index (κ1) is 16.9. The third-order valence-corrected chi connectivity index (χ3v) is 6.50. The maximum atomic E-state index is 12.9. The highest BCUT2D eigenvalue weighted by atomic mass is 32.2. The standard InChI is InChI=1S/C18H16N4O2S2/c23-26(24,17-8-1-5-14-6-2-9-19-18(14)17)21-13-15(16-7-3-12-25-16)22-11-4-10-20-22/h1-12,15,21H,13H2. The van der Waals surface area contributed by atoms with Crippen LogP contribution in [0.3, 0.4) is 0 Å². The highest BCUT2D eigenvalue weighted by molar-refractivity contribution is 7.89. The third kappa shape index (κ3) is 3.26. The van der Waals surface area contributed by atoms with Gasteiger partial charge in [-0.15, -0.1) is 11.3 Å². The van der Waals surface area contributed by atoms with E-state index in [0.29, 0.717) is 5.52 Å². The van der Waals surface area contributed by atoms with Gasteiger partial charge < -0.3 is 0 Å². The Kier molecular flexibility index (Phi) is 4.54. The molecular weight excluding hydrogens is 368 g/mol. The Bertz CT molecular complexity index is 1070. The Morgan fingerprint density at radius 3 is 2.73 bits per heavy atom. The molecule has 132 valence electrons. The molecule has 0 fully saturated rings. The molecule has 0 bridgehead atoms. The van der Waals surface area contributed by atoms with Crippen molar-refractivity contribution in [3.63, 3.8) is 0 Å². The van der Waals surface area contributed by atoms with Gasteiger partial charge in [-0.1, -0.05) is 24.3 Å². The zero-order chi connectivity index (χ0) is 18.0. The SMILES string of the molecule is O=S(=O)(NCC(c1cccs1)n1cccn1)c1cccc2cccnc12. The van der Waals surface area contributed by atoms with E-state index in [-0.39, 0.29) is 17.5 Å². The number of thiophene rings is 1. The Hall–Kier alpha value is -2.55. The van der Waals surface area contributed by atoms with Crippen molar-refractivity contribution < 1.29 is 8.42 Å². The molecule has 1 N–H and O–H groups in total. The second-order valence-corrected chi connectivity index (χ2v) is 8.42. The highest BCUT2D eigenvalue weighted by Gasteiger charge is 2.22. The average Bonchev–Trinajstić information content (AvgIpc) is 3.36. The van der Waals surface area contributed by atoms with E-state index in [4.69, 9.17) is 0 Å². The molecule has 0 saturated carbocycles. The normalized spacial score (nSPS) is 13.1. The summed E-state index contributed by atoms with van der Waals surface area (Å²) in [6.45, 7) is 0.202. The molecule has 3 aromatic heterocycles. The molecule has 4 aromatic rings. The molecule has 0 amide bonds. The van der Waals surface area contributed by atoms with E-state index in [2.05, 4.69) is 14.8 Å². The minimum absolute atomic E-state index is 0.181. The predicted octanol–water partition coefficient (Wildman–Crippen LogP) is 3.06. The van der Waals surface area contributed by atoms with E-state index in [1.807, 2.05) is 41.9 Å². The van der Waals surface area contributed by atoms with Crippen LogP contribution in [0.4, 0.5) is 0 Å². The highest BCUT2D eigenvalue weighted by Crippen LogP contribution is 2.24. The van der Waals surface area contributed by atoms with Crippen molar-refractivity contribution in [3.05, 3.63) is 77.4 Å². The summed E-state index contributed by atoms with van der Waals surface area (Å²) in [7, 11) is -3.71. The van der Waals surface area contributed by atoms with Crippen molar-refractivity contribution in [2.24, 2.45) is 0 Å². The van der Waals surface area contributed by atoms with Crippen molar-refractivity contribution >= 4 is 32.3 Å². The summed E-state index contributed by atoms with van der Waals surface area (Å²) in [4.78, 5) is 5.46. The second kappa shape index (κ2) is 6.99. The van der Waals surface area contributed by atoms with Crippen LogP contribution < -0.4 is 4.72 Å². The van der Waals surface area contributed by atoms with Gasteiger partial charge in [0.05, 0.1) is 11.6 Å². The molecule has 0 aliphatic heterocycles. The Balaban J connectivity index is 1.65. The van der Waals surface area contributed by atoms with Gasteiger partial charge >= 0.3 is 0 Å². The first-order chi connectivity index (χ1) is 12.6. The first-order valence-electron chi connectivity index (χ1n) is 8.01. The molecule has 1 unspecified atom stereocenters. The Morgan fingerprint density at radius 2 is 1.96 bits per heavy atom. The van der Waals surface area contributed by atoms with E-state index >= 15 is 0 Å². The summed E-state index contributed by atoms with van der Waals surface area (Å²) in [5.41, 5.74) is 0.467. The maximum absolute atomic E-state index is 12.9. The van der Waals surface area contributed by atoms with E-state index in [1.54, 1.807) is 46.6 Å². The van der Waals surface area contributed by atoms with Gasteiger partial charge in [-0.25, -0.2) is 13.1 Å². The minimum Gasteiger partial charge on any atom is -0.263 e. The number of aromatic nitrogens is 3. The van der Waals surface area contributed by atoms with Gasteiger partial charge in [0, 0.05) is 35.4 Å². The van der Waals surface area contributed by atoms with Crippen LogP contribution >= 0.6 is 11.3 Å². The number of pyridine rings is 1. The number of rotatable bonds is 6. The van der Waals surface area contributed by atoms with Gasteiger partial charge in [0.25, 0.3) is 0 Å². The number of sulfonamides is 1. The molecule has 0 aliphatic rings. The molecule has 0 saturated heterocycles. The van der Waals surface area contributed by atoms with Crippen LogP contribution in [0, 0.1) is 0 Å². The summed E-state index contributed by atoms with van der Waals surface area (Å²) < 4.78 is 30.3. The lowest BCUT2D eigenvalue weighted by molar-refractivity contribution is 0.511. The van der Waals surface area contributed by atoms with Gasteiger partial charge in [-0.05, 0) is 29.6 Å². The van der Waals surface area contributed by atoms with Crippen molar-refractivity contribution in [2.75, 3.05) is 6.54 Å². The zero-order valence-corrected chi connectivity index (χ0v) is 15.3. The monoisotopic (exact) mass is 384 g/mol. The maximum Gasteiger partial charge on any atom is 0.242 e. The fourth-order valence-electron chi connectivity index (χ4n) is 2.83. The lowest BCUT2D eigenvalue weighted by Gasteiger charge is -2.17. The van der Waals surface area contributed by atoms with Gasteiger partial charge in [0.15, 0.2) is 0 Å². The molecule has 1 aromatic carbocycles. The van der Waals surface area contributed by atoms with Crippen molar-refractivity contribution in [2.45, 2.75) is 10.9 Å². The summed E-state index contributed by atoms with van der Waals surface area (Å²) in [5, 5.41) is 7.03. The van der Waals surface area contributed by atoms with Crippen LogP contribution in [0.2, 0.25) is 0 Å². The number of benzene rings is 1. The molecule has 0 spiro atoms. The van der Waals surface area contributed by atoms with E-state index in [1.165, 1.54) is 0 Å². The molecule has 1 atom stereocenters. The third-order valence-electron chi connectivity index (χ3n) is 4.07. The summed E-state index contributed by atoms with van der Waals surface area (Å²) in [5.74, 6) is 0. The lowest BCUT2D eigenvalue weighted by atomic mass is 10.2. The number of hydrogen-bond donors (Lipinski definition) is 1. The number of para-hydroxylation sites is 1. The van der Waals surface area contributed by atoms with Crippen molar-refractivity contribution in [1.29, 1.82) is 0 Å². The predicted molar refractivity (Wildman–Crippen MR) is 102 cm³/mol. The number of hydrogen-bond acceptors (Lipinski definition) is 5. The number of nitrogens with one attached hydrogen (secondary N) is 1. The van der Waals surface area contributed by atoms with Crippen LogP contribution in [0.15, 0.2) is 77.4 Å². The molecule has 8 heteroatoms. The van der Waals surface area contributed by atoms with Crippen LogP contribution in [-0.2, 0) is 10.0 Å². The summed E-state index contributed by atoms with van der Waals surface area (Å²) in [6.07, 6.45) is 5.11. The van der Waals surface area contributed by atoms with Gasteiger partial charge in [-0.2, -0.15) is 5.10 Å². The molecule has 26 heavy (non-hydrogen) atoms. The zero-order valence-electron chi connectivity index (χ0n) is 13.7. The average molecular weight is 384 g/mol. The molecule has 0 radical (unpaired) electrons. The number of fused-ring (bicyclic) bond motifs is 1. The molecule has 4 rings (SSSR count). The van der Waals surface area contributed by atoms with Crippen LogP contribution in [0.5, 0.6) is 0 Å². The van der Waals surface area contributed by atoms with Gasteiger partial charge in [0.2, 0.25) is 10.0 Å². The Labute approximate surface area is 155 Å². The van der Waals surface area contributed by atoms with E-state index in [9.17, 15) is 8.42 Å². The largest absolute Gasteiger partial charge is 0.263 e. The first-order valence-corrected chi connectivity index (χ1v) is 10.4. The van der Waals surface area contributed by atoms with E-state index < -0.39 is 10.0 Å². The van der Waals surface area contributed by atoms with Gasteiger partial charge in [0.1, 0.15) is 4.90 Å². The minimum atomic E-state index is -3.71. The fourth-order valence-corrected chi connectivity index (χ4v) is 4.87. The van der Waals surface area contributed by atoms with Crippen molar-refractivity contribution in [3.8, 4) is 0 Å². The quantitative estimate of drug-likeness (QED) is 0.554. The van der Waals surface area contributed by atoms with Gasteiger partial charge in [-0.3, -0.25) is 9.67 Å². The summed E-state index contributed by atoms with van der Waals surface area (Å²) >= 11 is 1.57. The van der Waals surface area contributed by atoms with Crippen LogP contribution in [0.25, 0.3) is 10.9 Å². The lowest BCUT2D eigenvalue weighted by Crippen LogP contribution is -2.31. The summed E-state index contributed by atoms with van der Waals surface area (Å²) in [6, 6.07) is 14.3. The smallest absolute Gasteiger partial charge is 0.242 e. The number of nitrogens with zero attached hydrogens (tertiary/aromatic N) is 3. The molecule has 6 nitrogen and oxygen atoms in total. The van der Waals surface area contributed by atoms with Crippen molar-refractivity contribution in [1.82, 2.24) is 19.5 Å². The fraction of sp³-hybridized carbons (Fsp3) is 0.111. The topological polar surface area (TPSA) is 76.9 Å². The molecule has 0 aliphatic carbocycles. The Morgan fingerprint density at radius 1 is 1.08 bits per heavy atom. The van der Waals surface area contributed by atoms with Crippen LogP contribution in [-0.4, -0.2) is 29.7 Å². The van der Waals surface area contributed by atoms with Crippen LogP contribution in [0.1, 0.15) is 10.9 Å². The van der Waals surface area contributed by atoms with E-state index in [0.717, 1.165) is 10.3 Å². The second-order valence-electron chi connectivity index (χ2n) is 5.70. The molecule has 3 heterocycles. The molecular formula is C18H16N4O2S2.